The molecule has 0 fully saturated rings. The van der Waals surface area contributed by atoms with Crippen molar-refractivity contribution >= 4 is 15.9 Å². The Balaban J connectivity index is 2.33. The van der Waals surface area contributed by atoms with Gasteiger partial charge in [0, 0.05) is 6.42 Å². The number of fused-ring (bicyclic) bond motifs is 1. The predicted octanol–water partition coefficient (Wildman–Crippen LogP) is 5.03. The maximum Gasteiger partial charge on any atom is 0.454 e. The van der Waals surface area contributed by atoms with E-state index in [4.69, 9.17) is 4.74 Å². The molecule has 20 heavy (non-hydrogen) atoms. The highest BCUT2D eigenvalue weighted by atomic mass is 79.9. The molecule has 0 aliphatic carbocycles. The third kappa shape index (κ3) is 2.64. The Hall–Kier alpha value is -0.850. The summed E-state index contributed by atoms with van der Waals surface area (Å²) in [5.41, 5.74) is 0.0391. The van der Waals surface area contributed by atoms with E-state index in [2.05, 4.69) is 15.9 Å². The van der Waals surface area contributed by atoms with Gasteiger partial charge < -0.3 is 4.74 Å². The predicted molar refractivity (Wildman–Crippen MR) is 67.5 cm³/mol. The molecule has 0 bridgehead atoms. The summed E-state index contributed by atoms with van der Waals surface area (Å²) in [4.78, 5) is -2.12. The lowest BCUT2D eigenvalue weighted by Gasteiger charge is -2.25. The molecule has 1 heterocycles. The fraction of sp³-hybridized carbons (Fsp3) is 0.538. The first-order valence-corrected chi connectivity index (χ1v) is 6.76. The quantitative estimate of drug-likeness (QED) is 0.531. The van der Waals surface area contributed by atoms with Crippen molar-refractivity contribution in [3.63, 3.8) is 0 Å². The van der Waals surface area contributed by atoms with Crippen LogP contribution in [0.4, 0.5) is 22.0 Å². The average Bonchev–Trinajstić information content (AvgIpc) is 2.58. The molecule has 1 aromatic rings. The zero-order chi connectivity index (χ0) is 15.3. The van der Waals surface area contributed by atoms with Crippen molar-refractivity contribution in [2.24, 2.45) is 0 Å². The van der Waals surface area contributed by atoms with Crippen LogP contribution in [0.25, 0.3) is 0 Å². The highest BCUT2D eigenvalue weighted by Crippen LogP contribution is 2.49. The molecular weight excluding hydrogens is 347 g/mol. The summed E-state index contributed by atoms with van der Waals surface area (Å²) in [6.45, 7) is 3.64. The monoisotopic (exact) mass is 358 g/mol. The highest BCUT2D eigenvalue weighted by Gasteiger charge is 2.62. The van der Waals surface area contributed by atoms with Crippen LogP contribution < -0.4 is 4.74 Å². The van der Waals surface area contributed by atoms with Crippen molar-refractivity contribution in [3.05, 3.63) is 29.3 Å². The van der Waals surface area contributed by atoms with Gasteiger partial charge in [-0.3, -0.25) is 0 Å². The molecule has 1 unspecified atom stereocenters. The lowest BCUT2D eigenvalue weighted by Crippen LogP contribution is -2.39. The van der Waals surface area contributed by atoms with E-state index in [1.54, 1.807) is 0 Å². The van der Waals surface area contributed by atoms with Gasteiger partial charge in [-0.1, -0.05) is 28.1 Å². The molecule has 0 aromatic heterocycles. The minimum atomic E-state index is -5.60. The van der Waals surface area contributed by atoms with Gasteiger partial charge in [0.15, 0.2) is 0 Å². The molecule has 1 nitrogen and oxygen atoms in total. The van der Waals surface area contributed by atoms with Gasteiger partial charge >= 0.3 is 12.1 Å². The van der Waals surface area contributed by atoms with Gasteiger partial charge in [0.25, 0.3) is 0 Å². The molecule has 0 saturated carbocycles. The molecule has 1 aliphatic heterocycles. The summed E-state index contributed by atoms with van der Waals surface area (Å²) >= 11 is 2.47. The number of ether oxygens (including phenoxy) is 1. The van der Waals surface area contributed by atoms with Crippen molar-refractivity contribution < 1.29 is 26.7 Å². The van der Waals surface area contributed by atoms with Crippen LogP contribution in [0.2, 0.25) is 0 Å². The van der Waals surface area contributed by atoms with Crippen molar-refractivity contribution in [3.8, 4) is 5.75 Å². The minimum Gasteiger partial charge on any atom is -0.487 e. The summed E-state index contributed by atoms with van der Waals surface area (Å²) < 4.78 is 69.3. The molecule has 0 saturated heterocycles. The lowest BCUT2D eigenvalue weighted by molar-refractivity contribution is -0.281. The fourth-order valence-electron chi connectivity index (χ4n) is 2.14. The maximum atomic E-state index is 13.3. The van der Waals surface area contributed by atoms with Crippen molar-refractivity contribution in [2.75, 3.05) is 0 Å². The highest BCUT2D eigenvalue weighted by molar-refractivity contribution is 9.09. The molecule has 0 amide bonds. The van der Waals surface area contributed by atoms with Gasteiger partial charge in [-0.15, -0.1) is 0 Å². The van der Waals surface area contributed by atoms with E-state index in [0.29, 0.717) is 17.7 Å². The van der Waals surface area contributed by atoms with E-state index in [9.17, 15) is 22.0 Å². The molecule has 1 atom stereocenters. The topological polar surface area (TPSA) is 9.23 Å². The molecule has 1 aliphatic rings. The summed E-state index contributed by atoms with van der Waals surface area (Å²) in [5.74, 6) is -4.32. The second-order valence-corrected chi connectivity index (χ2v) is 6.30. The smallest absolute Gasteiger partial charge is 0.454 e. The van der Waals surface area contributed by atoms with E-state index in [1.165, 1.54) is 18.2 Å². The molecule has 0 N–H and O–H groups in total. The van der Waals surface area contributed by atoms with Crippen LogP contribution in [0, 0.1) is 0 Å². The Morgan fingerprint density at radius 1 is 1.20 bits per heavy atom. The largest absolute Gasteiger partial charge is 0.487 e. The number of benzene rings is 1. The number of rotatable bonds is 2. The normalized spacial score (nSPS) is 19.4. The SMILES string of the molecule is CC1(C)Cc2cc(C(Br)C(F)(F)C(F)(F)F)ccc2O1. The first-order chi connectivity index (χ1) is 8.94. The number of alkyl halides is 6. The third-order valence-electron chi connectivity index (χ3n) is 3.08. The lowest BCUT2D eigenvalue weighted by atomic mass is 9.98. The van der Waals surface area contributed by atoms with Crippen LogP contribution in [0.5, 0.6) is 5.75 Å². The van der Waals surface area contributed by atoms with Crippen LogP contribution in [0.1, 0.15) is 29.8 Å². The van der Waals surface area contributed by atoms with Crippen LogP contribution in [-0.2, 0) is 6.42 Å². The second kappa shape index (κ2) is 4.58. The molecule has 112 valence electrons. The first kappa shape index (κ1) is 15.5. The summed E-state index contributed by atoms with van der Waals surface area (Å²) in [7, 11) is 0. The second-order valence-electron chi connectivity index (χ2n) is 5.39. The zero-order valence-electron chi connectivity index (χ0n) is 10.7. The molecule has 0 radical (unpaired) electrons. The number of hydrogen-bond donors (Lipinski definition) is 0. The van der Waals surface area contributed by atoms with Crippen molar-refractivity contribution in [1.82, 2.24) is 0 Å². The van der Waals surface area contributed by atoms with Gasteiger partial charge in [0.2, 0.25) is 0 Å². The molecule has 1 aromatic carbocycles. The van der Waals surface area contributed by atoms with Crippen LogP contribution in [0.15, 0.2) is 18.2 Å². The first-order valence-electron chi connectivity index (χ1n) is 5.84. The van der Waals surface area contributed by atoms with Crippen molar-refractivity contribution in [1.29, 1.82) is 0 Å². The molecule has 2 rings (SSSR count). The van der Waals surface area contributed by atoms with Gasteiger partial charge in [-0.2, -0.15) is 22.0 Å². The van der Waals surface area contributed by atoms with E-state index in [1.807, 2.05) is 13.8 Å². The number of halogens is 6. The summed E-state index contributed by atoms with van der Waals surface area (Å²) in [6.07, 6.45) is -5.14. The molecule has 0 spiro atoms. The van der Waals surface area contributed by atoms with Crippen LogP contribution in [-0.4, -0.2) is 17.7 Å². The maximum absolute atomic E-state index is 13.3. The minimum absolute atomic E-state index is 0.118. The van der Waals surface area contributed by atoms with E-state index >= 15 is 0 Å². The van der Waals surface area contributed by atoms with Crippen LogP contribution >= 0.6 is 15.9 Å². The molecule has 7 heteroatoms. The van der Waals surface area contributed by atoms with Crippen molar-refractivity contribution in [2.45, 2.75) is 42.8 Å². The van der Waals surface area contributed by atoms with Gasteiger partial charge in [0.05, 0.1) is 0 Å². The van der Waals surface area contributed by atoms with Gasteiger partial charge in [0.1, 0.15) is 16.2 Å². The summed E-state index contributed by atoms with van der Waals surface area (Å²) in [5, 5.41) is 0. The Bertz CT molecular complexity index is 524. The summed E-state index contributed by atoms with van der Waals surface area (Å²) in [6, 6.07) is 3.99. The fourth-order valence-corrected chi connectivity index (χ4v) is 2.68. The van der Waals surface area contributed by atoms with E-state index in [0.717, 1.165) is 0 Å². The Morgan fingerprint density at radius 2 is 1.80 bits per heavy atom. The van der Waals surface area contributed by atoms with Gasteiger partial charge in [-0.25, -0.2) is 0 Å². The third-order valence-corrected chi connectivity index (χ3v) is 4.18. The van der Waals surface area contributed by atoms with E-state index in [-0.39, 0.29) is 5.56 Å². The zero-order valence-corrected chi connectivity index (χ0v) is 12.3. The standard InChI is InChI=1S/C13H12BrF5O/c1-11(2)6-8-5-7(3-4-9(8)20-11)10(14)12(15,16)13(17,18)19/h3-5,10H,6H2,1-2H3. The van der Waals surface area contributed by atoms with Gasteiger partial charge in [-0.05, 0) is 31.0 Å². The number of hydrogen-bond acceptors (Lipinski definition) is 1. The molecular formula is C13H12BrF5O. The van der Waals surface area contributed by atoms with E-state index < -0.39 is 22.5 Å². The Morgan fingerprint density at radius 3 is 2.35 bits per heavy atom. The Kier molecular flexibility index (Phi) is 3.56. The van der Waals surface area contributed by atoms with Crippen LogP contribution in [0.3, 0.4) is 0 Å². The Labute approximate surface area is 121 Å². The average molecular weight is 359 g/mol.